The summed E-state index contributed by atoms with van der Waals surface area (Å²) >= 11 is 1.35. The second kappa shape index (κ2) is 9.15. The number of aryl methyl sites for hydroxylation is 2. The number of ether oxygens (including phenoxy) is 1. The number of nitrogens with one attached hydrogen (secondary N) is 1. The quantitative estimate of drug-likeness (QED) is 0.363. The molecule has 5 aromatic rings. The van der Waals surface area contributed by atoms with Crippen molar-refractivity contribution in [3.05, 3.63) is 99.4 Å². The monoisotopic (exact) mass is 482 g/mol. The second-order valence-electron chi connectivity index (χ2n) is 8.06. The molecule has 7 nitrogen and oxygen atoms in total. The van der Waals surface area contributed by atoms with Gasteiger partial charge in [-0.3, -0.25) is 19.5 Å². The molecule has 8 heteroatoms. The van der Waals surface area contributed by atoms with E-state index in [1.807, 2.05) is 48.7 Å². The summed E-state index contributed by atoms with van der Waals surface area (Å²) in [7, 11) is 1.62. The van der Waals surface area contributed by atoms with Crippen molar-refractivity contribution >= 4 is 33.3 Å². The van der Waals surface area contributed by atoms with Crippen LogP contribution in [-0.2, 0) is 0 Å². The fourth-order valence-corrected chi connectivity index (χ4v) is 4.66. The number of hydrogen-bond acceptors (Lipinski definition) is 6. The third kappa shape index (κ3) is 4.31. The molecule has 0 bridgehead atoms. The van der Waals surface area contributed by atoms with Crippen molar-refractivity contribution in [1.82, 2.24) is 14.5 Å². The van der Waals surface area contributed by atoms with Gasteiger partial charge in [0.05, 0.1) is 29.4 Å². The maximum absolute atomic E-state index is 13.0. The van der Waals surface area contributed by atoms with Crippen LogP contribution in [0.1, 0.15) is 21.7 Å². The van der Waals surface area contributed by atoms with Gasteiger partial charge < -0.3 is 4.74 Å². The first-order valence-corrected chi connectivity index (χ1v) is 11.8. The van der Waals surface area contributed by atoms with Gasteiger partial charge in [-0.05, 0) is 62.4 Å². The Hall–Kier alpha value is -4.30. The van der Waals surface area contributed by atoms with Crippen LogP contribution in [0.5, 0.6) is 5.75 Å². The van der Waals surface area contributed by atoms with Gasteiger partial charge in [0.2, 0.25) is 0 Å². The predicted octanol–water partition coefficient (Wildman–Crippen LogP) is 5.39. The Kier molecular flexibility index (Phi) is 5.88. The smallest absolute Gasteiger partial charge is 0.265 e. The van der Waals surface area contributed by atoms with Crippen LogP contribution in [0.2, 0.25) is 0 Å². The van der Waals surface area contributed by atoms with Crippen molar-refractivity contribution in [3.63, 3.8) is 0 Å². The molecule has 0 spiro atoms. The Labute approximate surface area is 205 Å². The number of amides is 1. The molecular weight excluding hydrogens is 460 g/mol. The second-order valence-corrected chi connectivity index (χ2v) is 8.92. The molecule has 0 atom stereocenters. The van der Waals surface area contributed by atoms with Crippen LogP contribution in [0.15, 0.2) is 76.9 Å². The van der Waals surface area contributed by atoms with Gasteiger partial charge in [0, 0.05) is 16.5 Å². The van der Waals surface area contributed by atoms with Crippen LogP contribution < -0.4 is 15.6 Å². The van der Waals surface area contributed by atoms with Crippen molar-refractivity contribution in [1.29, 1.82) is 0 Å². The van der Waals surface area contributed by atoms with Crippen LogP contribution in [0.4, 0.5) is 5.13 Å². The standard InChI is InChI=1S/C27H22N4O3S/c1-16-8-13-24(34-3)21(14-16)23-15-35-27(29-23)30-25(32)18-9-11-19(12-10-18)31-17(2)28-22-7-5-4-6-20(22)26(31)33/h4-15H,1-3H3,(H,29,30,32). The molecule has 2 heterocycles. The molecule has 0 aliphatic rings. The number of carbonyl (C=O) groups is 1. The van der Waals surface area contributed by atoms with E-state index in [-0.39, 0.29) is 11.5 Å². The van der Waals surface area contributed by atoms with Crippen LogP contribution in [-0.4, -0.2) is 27.6 Å². The van der Waals surface area contributed by atoms with Crippen molar-refractivity contribution in [3.8, 4) is 22.7 Å². The maximum Gasteiger partial charge on any atom is 0.265 e. The highest BCUT2D eigenvalue weighted by molar-refractivity contribution is 7.14. The van der Waals surface area contributed by atoms with Crippen LogP contribution in [0.3, 0.4) is 0 Å². The van der Waals surface area contributed by atoms with E-state index in [9.17, 15) is 9.59 Å². The summed E-state index contributed by atoms with van der Waals surface area (Å²) in [6, 6.07) is 20.0. The Morgan fingerprint density at radius 2 is 1.77 bits per heavy atom. The lowest BCUT2D eigenvalue weighted by Crippen LogP contribution is -2.22. The van der Waals surface area contributed by atoms with Gasteiger partial charge in [-0.15, -0.1) is 11.3 Å². The number of benzene rings is 3. The van der Waals surface area contributed by atoms with Gasteiger partial charge in [0.1, 0.15) is 11.6 Å². The van der Waals surface area contributed by atoms with Crippen LogP contribution in [0, 0.1) is 13.8 Å². The molecule has 0 saturated heterocycles. The average molecular weight is 483 g/mol. The Balaban J connectivity index is 1.38. The van der Waals surface area contributed by atoms with E-state index in [0.717, 1.165) is 22.6 Å². The van der Waals surface area contributed by atoms with Crippen molar-refractivity contribution in [2.24, 2.45) is 0 Å². The largest absolute Gasteiger partial charge is 0.496 e. The fraction of sp³-hybridized carbons (Fsp3) is 0.111. The molecule has 1 N–H and O–H groups in total. The maximum atomic E-state index is 13.0. The molecule has 0 radical (unpaired) electrons. The molecule has 3 aromatic carbocycles. The van der Waals surface area contributed by atoms with Crippen molar-refractivity contribution in [2.75, 3.05) is 12.4 Å². The van der Waals surface area contributed by atoms with E-state index in [4.69, 9.17) is 4.74 Å². The summed E-state index contributed by atoms with van der Waals surface area (Å²) < 4.78 is 7.00. The van der Waals surface area contributed by atoms with Crippen LogP contribution >= 0.6 is 11.3 Å². The van der Waals surface area contributed by atoms with E-state index in [0.29, 0.717) is 33.1 Å². The van der Waals surface area contributed by atoms with E-state index in [1.54, 1.807) is 48.9 Å². The summed E-state index contributed by atoms with van der Waals surface area (Å²) in [6.07, 6.45) is 0. The van der Waals surface area contributed by atoms with Crippen molar-refractivity contribution in [2.45, 2.75) is 13.8 Å². The molecule has 2 aromatic heterocycles. The number of nitrogens with zero attached hydrogens (tertiary/aromatic N) is 3. The molecule has 5 rings (SSSR count). The predicted molar refractivity (Wildman–Crippen MR) is 139 cm³/mol. The number of fused-ring (bicyclic) bond motifs is 1. The molecule has 0 aliphatic carbocycles. The highest BCUT2D eigenvalue weighted by Gasteiger charge is 2.14. The molecule has 174 valence electrons. The summed E-state index contributed by atoms with van der Waals surface area (Å²) in [6.45, 7) is 3.79. The van der Waals surface area contributed by atoms with Crippen LogP contribution in [0.25, 0.3) is 27.8 Å². The van der Waals surface area contributed by atoms with E-state index in [2.05, 4.69) is 15.3 Å². The zero-order valence-corrected chi connectivity index (χ0v) is 20.2. The highest BCUT2D eigenvalue weighted by atomic mass is 32.1. The normalized spacial score (nSPS) is 10.9. The zero-order valence-electron chi connectivity index (χ0n) is 19.4. The number of thiazole rings is 1. The Bertz CT molecular complexity index is 1620. The first kappa shape index (κ1) is 22.5. The number of rotatable bonds is 5. The summed E-state index contributed by atoms with van der Waals surface area (Å²) in [5.41, 5.74) is 4.32. The minimum atomic E-state index is -0.283. The molecule has 1 amide bonds. The van der Waals surface area contributed by atoms with Gasteiger partial charge in [-0.25, -0.2) is 9.97 Å². The minimum Gasteiger partial charge on any atom is -0.496 e. The summed E-state index contributed by atoms with van der Waals surface area (Å²) in [5, 5.41) is 5.78. The van der Waals surface area contributed by atoms with Gasteiger partial charge in [0.15, 0.2) is 5.13 Å². The van der Waals surface area contributed by atoms with Gasteiger partial charge in [-0.2, -0.15) is 0 Å². The zero-order chi connectivity index (χ0) is 24.5. The SMILES string of the molecule is COc1ccc(C)cc1-c1csc(NC(=O)c2ccc(-n3c(C)nc4ccccc4c3=O)cc2)n1. The Morgan fingerprint density at radius 3 is 2.54 bits per heavy atom. The molecule has 0 fully saturated rings. The number of aromatic nitrogens is 3. The first-order valence-electron chi connectivity index (χ1n) is 11.0. The lowest BCUT2D eigenvalue weighted by Gasteiger charge is -2.11. The van der Waals surface area contributed by atoms with E-state index in [1.165, 1.54) is 11.3 Å². The molecule has 35 heavy (non-hydrogen) atoms. The topological polar surface area (TPSA) is 86.1 Å². The number of anilines is 1. The fourth-order valence-electron chi connectivity index (χ4n) is 3.96. The third-order valence-corrected chi connectivity index (χ3v) is 6.44. The molecule has 0 aliphatic heterocycles. The van der Waals surface area contributed by atoms with E-state index >= 15 is 0 Å². The lowest BCUT2D eigenvalue weighted by molar-refractivity contribution is 0.102. The first-order chi connectivity index (χ1) is 16.9. The van der Waals surface area contributed by atoms with Gasteiger partial charge in [-0.1, -0.05) is 23.8 Å². The van der Waals surface area contributed by atoms with Gasteiger partial charge >= 0.3 is 0 Å². The lowest BCUT2D eigenvalue weighted by atomic mass is 10.1. The molecular formula is C27H22N4O3S. The molecule has 0 saturated carbocycles. The van der Waals surface area contributed by atoms with Crippen molar-refractivity contribution < 1.29 is 9.53 Å². The average Bonchev–Trinajstić information content (AvgIpc) is 3.32. The summed E-state index contributed by atoms with van der Waals surface area (Å²) in [4.78, 5) is 35.0. The molecule has 0 unspecified atom stereocenters. The van der Waals surface area contributed by atoms with Gasteiger partial charge in [0.25, 0.3) is 11.5 Å². The minimum absolute atomic E-state index is 0.146. The van der Waals surface area contributed by atoms with E-state index < -0.39 is 0 Å². The third-order valence-electron chi connectivity index (χ3n) is 5.69. The number of carbonyl (C=O) groups excluding carboxylic acids is 1. The Morgan fingerprint density at radius 1 is 1.00 bits per heavy atom. The number of methoxy groups -OCH3 is 1. The highest BCUT2D eigenvalue weighted by Crippen LogP contribution is 2.33. The summed E-state index contributed by atoms with van der Waals surface area (Å²) in [5.74, 6) is 1.02. The number of para-hydroxylation sites is 1. The number of hydrogen-bond donors (Lipinski definition) is 1.